The fraction of sp³-hybridized carbons (Fsp3) is 0.900. The Bertz CT molecular complexity index is 178. The number of aliphatic hydroxyl groups is 1. The number of methoxy groups -OCH3 is 1. The third kappa shape index (κ3) is 3.64. The first-order valence-corrected chi connectivity index (χ1v) is 5.01. The molecule has 0 aliphatic rings. The molecule has 0 bridgehead atoms. The SMILES string of the molecule is CCC(O)CNC(=O)C(C)(CC)OC. The largest absolute Gasteiger partial charge is 0.391 e. The van der Waals surface area contributed by atoms with Crippen molar-refractivity contribution in [2.45, 2.75) is 45.3 Å². The van der Waals surface area contributed by atoms with E-state index in [2.05, 4.69) is 5.32 Å². The van der Waals surface area contributed by atoms with E-state index in [4.69, 9.17) is 4.74 Å². The Morgan fingerprint density at radius 1 is 1.57 bits per heavy atom. The number of nitrogens with one attached hydrogen (secondary N) is 1. The number of aliphatic hydroxyl groups excluding tert-OH is 1. The van der Waals surface area contributed by atoms with Crippen LogP contribution in [0.25, 0.3) is 0 Å². The smallest absolute Gasteiger partial charge is 0.252 e. The minimum atomic E-state index is -0.784. The van der Waals surface area contributed by atoms with Gasteiger partial charge >= 0.3 is 0 Å². The molecule has 14 heavy (non-hydrogen) atoms. The van der Waals surface area contributed by atoms with Gasteiger partial charge in [-0.2, -0.15) is 0 Å². The van der Waals surface area contributed by atoms with Gasteiger partial charge in [-0.15, -0.1) is 0 Å². The highest BCUT2D eigenvalue weighted by atomic mass is 16.5. The zero-order chi connectivity index (χ0) is 11.2. The van der Waals surface area contributed by atoms with Crippen LogP contribution in [0, 0.1) is 0 Å². The second-order valence-corrected chi connectivity index (χ2v) is 3.56. The second kappa shape index (κ2) is 5.98. The third-order valence-electron chi connectivity index (χ3n) is 2.58. The van der Waals surface area contributed by atoms with Crippen LogP contribution in [-0.2, 0) is 9.53 Å². The second-order valence-electron chi connectivity index (χ2n) is 3.56. The molecule has 4 nitrogen and oxygen atoms in total. The summed E-state index contributed by atoms with van der Waals surface area (Å²) in [5.41, 5.74) is -0.784. The van der Waals surface area contributed by atoms with Gasteiger partial charge in [-0.25, -0.2) is 0 Å². The van der Waals surface area contributed by atoms with Crippen molar-refractivity contribution in [2.75, 3.05) is 13.7 Å². The van der Waals surface area contributed by atoms with Crippen LogP contribution in [0.1, 0.15) is 33.6 Å². The molecule has 0 aromatic heterocycles. The summed E-state index contributed by atoms with van der Waals surface area (Å²) in [5.74, 6) is -0.171. The lowest BCUT2D eigenvalue weighted by molar-refractivity contribution is -0.142. The number of ether oxygens (including phenoxy) is 1. The molecular formula is C10H21NO3. The molecule has 0 rings (SSSR count). The summed E-state index contributed by atoms with van der Waals surface area (Å²) in [6.45, 7) is 5.78. The molecule has 0 aromatic rings. The Morgan fingerprint density at radius 3 is 2.50 bits per heavy atom. The van der Waals surface area contributed by atoms with Gasteiger partial charge in [0, 0.05) is 13.7 Å². The Hall–Kier alpha value is -0.610. The third-order valence-corrected chi connectivity index (χ3v) is 2.58. The molecule has 4 heteroatoms. The lowest BCUT2D eigenvalue weighted by atomic mass is 10.0. The molecular weight excluding hydrogens is 182 g/mol. The van der Waals surface area contributed by atoms with Gasteiger partial charge in [0.25, 0.3) is 5.91 Å². The first kappa shape index (κ1) is 13.4. The summed E-state index contributed by atoms with van der Waals surface area (Å²) in [6, 6.07) is 0. The number of rotatable bonds is 6. The standard InChI is InChI=1S/C10H21NO3/c1-5-8(12)7-11-9(13)10(3,6-2)14-4/h8,12H,5-7H2,1-4H3,(H,11,13). The maximum absolute atomic E-state index is 11.6. The molecule has 0 radical (unpaired) electrons. The molecule has 0 heterocycles. The predicted octanol–water partition coefficient (Wildman–Crippen LogP) is 0.689. The first-order chi connectivity index (χ1) is 6.50. The van der Waals surface area contributed by atoms with E-state index in [9.17, 15) is 9.90 Å². The Labute approximate surface area is 85.6 Å². The summed E-state index contributed by atoms with van der Waals surface area (Å²) in [6.07, 6.45) is 0.769. The minimum absolute atomic E-state index is 0.171. The zero-order valence-corrected chi connectivity index (χ0v) is 9.46. The van der Waals surface area contributed by atoms with Crippen LogP contribution < -0.4 is 5.32 Å². The molecule has 0 saturated carbocycles. The summed E-state index contributed by atoms with van der Waals surface area (Å²) >= 11 is 0. The Kier molecular flexibility index (Phi) is 5.72. The van der Waals surface area contributed by atoms with Gasteiger partial charge in [-0.05, 0) is 19.8 Å². The van der Waals surface area contributed by atoms with E-state index in [0.717, 1.165) is 0 Å². The van der Waals surface area contributed by atoms with E-state index >= 15 is 0 Å². The van der Waals surface area contributed by atoms with Crippen molar-refractivity contribution < 1.29 is 14.6 Å². The zero-order valence-electron chi connectivity index (χ0n) is 9.46. The van der Waals surface area contributed by atoms with E-state index in [-0.39, 0.29) is 12.5 Å². The van der Waals surface area contributed by atoms with Gasteiger partial charge in [0.05, 0.1) is 6.10 Å². The fourth-order valence-corrected chi connectivity index (χ4v) is 0.939. The summed E-state index contributed by atoms with van der Waals surface area (Å²) in [5, 5.41) is 11.9. The van der Waals surface area contributed by atoms with E-state index in [1.807, 2.05) is 13.8 Å². The van der Waals surface area contributed by atoms with Gasteiger partial charge in [-0.3, -0.25) is 4.79 Å². The van der Waals surface area contributed by atoms with Gasteiger partial charge in [-0.1, -0.05) is 13.8 Å². The van der Waals surface area contributed by atoms with Gasteiger partial charge in [0.1, 0.15) is 5.60 Å². The molecule has 2 N–H and O–H groups in total. The normalized spacial score (nSPS) is 17.2. The highest BCUT2D eigenvalue weighted by molar-refractivity contribution is 5.84. The topological polar surface area (TPSA) is 58.6 Å². The number of carbonyl (C=O) groups is 1. The molecule has 0 aromatic carbocycles. The summed E-state index contributed by atoms with van der Waals surface area (Å²) in [4.78, 5) is 11.6. The highest BCUT2D eigenvalue weighted by Gasteiger charge is 2.30. The lowest BCUT2D eigenvalue weighted by Gasteiger charge is -2.25. The molecule has 0 aliphatic heterocycles. The van der Waals surface area contributed by atoms with Crippen LogP contribution in [0.4, 0.5) is 0 Å². The van der Waals surface area contributed by atoms with Crippen molar-refractivity contribution in [3.8, 4) is 0 Å². The molecule has 0 fully saturated rings. The van der Waals surface area contributed by atoms with Crippen LogP contribution in [0.3, 0.4) is 0 Å². The molecule has 0 spiro atoms. The van der Waals surface area contributed by atoms with E-state index in [0.29, 0.717) is 12.8 Å². The number of hydrogen-bond acceptors (Lipinski definition) is 3. The maximum atomic E-state index is 11.6. The quantitative estimate of drug-likeness (QED) is 0.667. The molecule has 84 valence electrons. The van der Waals surface area contributed by atoms with Crippen LogP contribution in [-0.4, -0.2) is 36.4 Å². The number of carbonyl (C=O) groups excluding carboxylic acids is 1. The molecule has 2 atom stereocenters. The van der Waals surface area contributed by atoms with Gasteiger partial charge in [0.2, 0.25) is 0 Å². The van der Waals surface area contributed by atoms with Crippen LogP contribution >= 0.6 is 0 Å². The summed E-state index contributed by atoms with van der Waals surface area (Å²) < 4.78 is 5.12. The van der Waals surface area contributed by atoms with Gasteiger partial charge in [0.15, 0.2) is 0 Å². The van der Waals surface area contributed by atoms with Crippen molar-refractivity contribution in [1.29, 1.82) is 0 Å². The van der Waals surface area contributed by atoms with Gasteiger partial charge < -0.3 is 15.2 Å². The van der Waals surface area contributed by atoms with E-state index < -0.39 is 11.7 Å². The van der Waals surface area contributed by atoms with E-state index in [1.165, 1.54) is 7.11 Å². The average molecular weight is 203 g/mol. The molecule has 1 amide bonds. The molecule has 0 aliphatic carbocycles. The first-order valence-electron chi connectivity index (χ1n) is 5.01. The van der Waals surface area contributed by atoms with Crippen LogP contribution in [0.2, 0.25) is 0 Å². The molecule has 2 unspecified atom stereocenters. The average Bonchev–Trinajstić information content (AvgIpc) is 2.23. The van der Waals surface area contributed by atoms with Crippen molar-refractivity contribution in [1.82, 2.24) is 5.32 Å². The lowest BCUT2D eigenvalue weighted by Crippen LogP contribution is -2.47. The van der Waals surface area contributed by atoms with Crippen LogP contribution in [0.5, 0.6) is 0 Å². The monoisotopic (exact) mass is 203 g/mol. The Balaban J connectivity index is 4.06. The van der Waals surface area contributed by atoms with E-state index in [1.54, 1.807) is 6.92 Å². The summed E-state index contributed by atoms with van der Waals surface area (Å²) in [7, 11) is 1.51. The van der Waals surface area contributed by atoms with Crippen molar-refractivity contribution in [2.24, 2.45) is 0 Å². The Morgan fingerprint density at radius 2 is 2.14 bits per heavy atom. The van der Waals surface area contributed by atoms with Crippen molar-refractivity contribution in [3.05, 3.63) is 0 Å². The molecule has 0 saturated heterocycles. The fourth-order valence-electron chi connectivity index (χ4n) is 0.939. The number of amides is 1. The highest BCUT2D eigenvalue weighted by Crippen LogP contribution is 2.13. The minimum Gasteiger partial charge on any atom is -0.391 e. The maximum Gasteiger partial charge on any atom is 0.252 e. The van der Waals surface area contributed by atoms with Crippen molar-refractivity contribution in [3.63, 3.8) is 0 Å². The van der Waals surface area contributed by atoms with Crippen LogP contribution in [0.15, 0.2) is 0 Å². The predicted molar refractivity (Wildman–Crippen MR) is 55.0 cm³/mol. The number of hydrogen-bond donors (Lipinski definition) is 2. The van der Waals surface area contributed by atoms with Crippen molar-refractivity contribution >= 4 is 5.91 Å².